The van der Waals surface area contributed by atoms with E-state index >= 15 is 0 Å². The summed E-state index contributed by atoms with van der Waals surface area (Å²) in [5.41, 5.74) is 2.70. The van der Waals surface area contributed by atoms with Gasteiger partial charge < -0.3 is 14.5 Å². The molecule has 1 aromatic heterocycles. The summed E-state index contributed by atoms with van der Waals surface area (Å²) < 4.78 is 12.5. The minimum Gasteiger partial charge on any atom is -0.454 e. The molecule has 0 saturated carbocycles. The van der Waals surface area contributed by atoms with Crippen molar-refractivity contribution < 1.29 is 23.9 Å². The van der Waals surface area contributed by atoms with E-state index in [0.29, 0.717) is 11.5 Å². The van der Waals surface area contributed by atoms with Crippen LogP contribution in [0.3, 0.4) is 0 Å². The Balaban J connectivity index is 1.74. The van der Waals surface area contributed by atoms with Gasteiger partial charge >= 0.3 is 6.03 Å². The van der Waals surface area contributed by atoms with Crippen molar-refractivity contribution in [1.82, 2.24) is 9.99 Å². The largest absolute Gasteiger partial charge is 0.454 e. The number of urea groups is 1. The van der Waals surface area contributed by atoms with Gasteiger partial charge in [0.15, 0.2) is 11.5 Å². The second kappa shape index (κ2) is 6.69. The molecule has 1 aromatic carbocycles. The predicted octanol–water partition coefficient (Wildman–Crippen LogP) is 1.70. The summed E-state index contributed by atoms with van der Waals surface area (Å²) in [4.78, 5) is 38.8. The molecule has 1 fully saturated rings. The van der Waals surface area contributed by atoms with Gasteiger partial charge in [-0.25, -0.2) is 9.69 Å². The van der Waals surface area contributed by atoms with Gasteiger partial charge in [0, 0.05) is 31.5 Å². The van der Waals surface area contributed by atoms with Gasteiger partial charge in [0.05, 0.1) is 5.69 Å². The summed E-state index contributed by atoms with van der Waals surface area (Å²) >= 11 is 0. The van der Waals surface area contributed by atoms with E-state index in [-0.39, 0.29) is 18.1 Å². The average Bonchev–Trinajstić information content (AvgIpc) is 3.22. The zero-order valence-corrected chi connectivity index (χ0v) is 16.5. The quantitative estimate of drug-likeness (QED) is 0.627. The molecule has 150 valence electrons. The number of imide groups is 2. The standard InChI is InChI=1S/C20H20N4O5/c1-11-7-13(12(2)24(11)22(3)4)8-15-18(25)21-20(27)23(19(15)26)14-5-6-16-17(9-14)29-10-28-16/h5-9H,10H2,1-4H3,(H,21,25,27)/b15-8+. The lowest BCUT2D eigenvalue weighted by Gasteiger charge is -2.26. The van der Waals surface area contributed by atoms with Crippen molar-refractivity contribution in [2.75, 3.05) is 30.8 Å². The summed E-state index contributed by atoms with van der Waals surface area (Å²) in [7, 11) is 3.80. The van der Waals surface area contributed by atoms with Crippen LogP contribution in [0.4, 0.5) is 10.5 Å². The van der Waals surface area contributed by atoms with E-state index in [0.717, 1.165) is 21.9 Å². The first kappa shape index (κ1) is 18.6. The minimum absolute atomic E-state index is 0.0735. The van der Waals surface area contributed by atoms with Gasteiger partial charge in [-0.1, -0.05) is 0 Å². The van der Waals surface area contributed by atoms with Gasteiger partial charge in [0.1, 0.15) is 5.57 Å². The van der Waals surface area contributed by atoms with Gasteiger partial charge in [-0.3, -0.25) is 19.6 Å². The van der Waals surface area contributed by atoms with E-state index in [1.54, 1.807) is 12.1 Å². The highest BCUT2D eigenvalue weighted by Gasteiger charge is 2.37. The fourth-order valence-electron chi connectivity index (χ4n) is 3.61. The Morgan fingerprint density at radius 1 is 1.07 bits per heavy atom. The van der Waals surface area contributed by atoms with Crippen LogP contribution < -0.4 is 24.7 Å². The average molecular weight is 396 g/mol. The van der Waals surface area contributed by atoms with Crippen molar-refractivity contribution in [2.24, 2.45) is 0 Å². The number of anilines is 1. The molecular formula is C20H20N4O5. The van der Waals surface area contributed by atoms with Gasteiger partial charge in [-0.2, -0.15) is 0 Å². The summed E-state index contributed by atoms with van der Waals surface area (Å²) in [6, 6.07) is 5.78. The van der Waals surface area contributed by atoms with Gasteiger partial charge in [0.2, 0.25) is 6.79 Å². The molecule has 1 N–H and O–H groups in total. The zero-order valence-electron chi connectivity index (χ0n) is 16.5. The SMILES string of the molecule is Cc1cc(/C=C2\C(=O)NC(=O)N(c3ccc4c(c3)OCO4)C2=O)c(C)n1N(C)C. The summed E-state index contributed by atoms with van der Waals surface area (Å²) in [5, 5.41) is 4.13. The highest BCUT2D eigenvalue weighted by atomic mass is 16.7. The fourth-order valence-corrected chi connectivity index (χ4v) is 3.61. The highest BCUT2D eigenvalue weighted by Crippen LogP contribution is 2.36. The Labute approximate surface area is 167 Å². The number of aromatic nitrogens is 1. The molecule has 0 atom stereocenters. The maximum atomic E-state index is 13.1. The summed E-state index contributed by atoms with van der Waals surface area (Å²) in [6.45, 7) is 3.90. The third-order valence-corrected chi connectivity index (χ3v) is 4.85. The number of amides is 4. The monoisotopic (exact) mass is 396 g/mol. The molecule has 2 aliphatic heterocycles. The third kappa shape index (κ3) is 3.00. The molecular weight excluding hydrogens is 376 g/mol. The molecule has 3 heterocycles. The van der Waals surface area contributed by atoms with Crippen LogP contribution in [0.15, 0.2) is 29.8 Å². The van der Waals surface area contributed by atoms with Crippen LogP contribution >= 0.6 is 0 Å². The van der Waals surface area contributed by atoms with Gasteiger partial charge in [-0.15, -0.1) is 0 Å². The molecule has 9 nitrogen and oxygen atoms in total. The zero-order chi connectivity index (χ0) is 20.9. The number of nitrogens with one attached hydrogen (secondary N) is 1. The Morgan fingerprint density at radius 2 is 1.79 bits per heavy atom. The molecule has 1 saturated heterocycles. The molecule has 4 rings (SSSR count). The number of benzene rings is 1. The van der Waals surface area contributed by atoms with Crippen LogP contribution in [0.25, 0.3) is 6.08 Å². The number of fused-ring (bicyclic) bond motifs is 1. The van der Waals surface area contributed by atoms with Crippen LogP contribution in [-0.2, 0) is 9.59 Å². The molecule has 2 aliphatic rings. The van der Waals surface area contributed by atoms with Crippen LogP contribution in [0.2, 0.25) is 0 Å². The van der Waals surface area contributed by atoms with E-state index < -0.39 is 17.8 Å². The van der Waals surface area contributed by atoms with Crippen LogP contribution in [0, 0.1) is 13.8 Å². The van der Waals surface area contributed by atoms with Gasteiger partial charge in [0.25, 0.3) is 11.8 Å². The first-order chi connectivity index (χ1) is 13.8. The number of ether oxygens (including phenoxy) is 2. The van der Waals surface area contributed by atoms with E-state index in [1.807, 2.05) is 43.7 Å². The van der Waals surface area contributed by atoms with Gasteiger partial charge in [-0.05, 0) is 43.7 Å². The molecule has 0 aliphatic carbocycles. The smallest absolute Gasteiger partial charge is 0.335 e. The van der Waals surface area contributed by atoms with Crippen LogP contribution in [0.5, 0.6) is 11.5 Å². The number of carbonyl (C=O) groups is 3. The summed E-state index contributed by atoms with van der Waals surface area (Å²) in [6.07, 6.45) is 1.51. The molecule has 4 amide bonds. The van der Waals surface area contributed by atoms with Crippen molar-refractivity contribution in [1.29, 1.82) is 0 Å². The predicted molar refractivity (Wildman–Crippen MR) is 106 cm³/mol. The molecule has 0 unspecified atom stereocenters. The van der Waals surface area contributed by atoms with E-state index in [4.69, 9.17) is 9.47 Å². The number of rotatable bonds is 3. The number of hydrogen-bond acceptors (Lipinski definition) is 6. The molecule has 9 heteroatoms. The third-order valence-electron chi connectivity index (χ3n) is 4.85. The lowest BCUT2D eigenvalue weighted by atomic mass is 10.1. The normalized spacial score (nSPS) is 17.2. The molecule has 0 radical (unpaired) electrons. The number of aryl methyl sites for hydroxylation is 1. The van der Waals surface area contributed by atoms with E-state index in [2.05, 4.69) is 5.32 Å². The number of barbiturate groups is 1. The van der Waals surface area contributed by atoms with Crippen molar-refractivity contribution in [3.8, 4) is 11.5 Å². The Hall–Kier alpha value is -3.75. The maximum Gasteiger partial charge on any atom is 0.335 e. The lowest BCUT2D eigenvalue weighted by molar-refractivity contribution is -0.122. The van der Waals surface area contributed by atoms with Crippen molar-refractivity contribution in [2.45, 2.75) is 13.8 Å². The first-order valence-electron chi connectivity index (χ1n) is 8.95. The Morgan fingerprint density at radius 3 is 2.48 bits per heavy atom. The van der Waals surface area contributed by atoms with Crippen molar-refractivity contribution >= 4 is 29.6 Å². The number of nitrogens with zero attached hydrogens (tertiary/aromatic N) is 3. The molecule has 29 heavy (non-hydrogen) atoms. The number of carbonyl (C=O) groups excluding carboxylic acids is 3. The topological polar surface area (TPSA) is 93.1 Å². The highest BCUT2D eigenvalue weighted by molar-refractivity contribution is 6.39. The molecule has 0 bridgehead atoms. The van der Waals surface area contributed by atoms with Crippen molar-refractivity contribution in [3.63, 3.8) is 0 Å². The van der Waals surface area contributed by atoms with Crippen LogP contribution in [0.1, 0.15) is 17.0 Å². The second-order valence-corrected chi connectivity index (χ2v) is 6.98. The van der Waals surface area contributed by atoms with E-state index in [9.17, 15) is 14.4 Å². The minimum atomic E-state index is -0.810. The second-order valence-electron chi connectivity index (χ2n) is 6.98. The Bertz CT molecular complexity index is 1080. The summed E-state index contributed by atoms with van der Waals surface area (Å²) in [5.74, 6) is -0.472. The Kier molecular flexibility index (Phi) is 4.30. The van der Waals surface area contributed by atoms with Crippen LogP contribution in [-0.4, -0.2) is 43.4 Å². The first-order valence-corrected chi connectivity index (χ1v) is 8.95. The molecule has 2 aromatic rings. The lowest BCUT2D eigenvalue weighted by Crippen LogP contribution is -2.54. The van der Waals surface area contributed by atoms with E-state index in [1.165, 1.54) is 12.1 Å². The molecule has 0 spiro atoms. The maximum absolute atomic E-state index is 13.1. The number of hydrogen-bond donors (Lipinski definition) is 1. The fraction of sp³-hybridized carbons (Fsp3) is 0.250. The van der Waals surface area contributed by atoms with Crippen molar-refractivity contribution in [3.05, 3.63) is 46.8 Å².